The minimum Gasteiger partial charge on any atom is -0.345 e. The summed E-state index contributed by atoms with van der Waals surface area (Å²) in [5.41, 5.74) is 0. The molecule has 1 fully saturated rings. The molecule has 2 rings (SSSR count). The van der Waals surface area contributed by atoms with E-state index in [1.165, 1.54) is 0 Å². The average molecular weight is 262 g/mol. The molecule has 13 heavy (non-hydrogen) atoms. The summed E-state index contributed by atoms with van der Waals surface area (Å²) in [6, 6.07) is 0.697. The van der Waals surface area contributed by atoms with E-state index in [9.17, 15) is 0 Å². The molecule has 0 bridgehead atoms. The molecule has 72 valence electrons. The van der Waals surface area contributed by atoms with Gasteiger partial charge < -0.3 is 9.80 Å². The van der Waals surface area contributed by atoms with Crippen molar-refractivity contribution in [3.05, 3.63) is 9.98 Å². The van der Waals surface area contributed by atoms with Gasteiger partial charge in [-0.2, -0.15) is 0 Å². The number of thiazole rings is 1. The zero-order chi connectivity index (χ0) is 9.42. The predicted molar refractivity (Wildman–Crippen MR) is 59.5 cm³/mol. The summed E-state index contributed by atoms with van der Waals surface area (Å²) in [5.74, 6) is 0. The lowest BCUT2D eigenvalue weighted by Crippen LogP contribution is -2.57. The van der Waals surface area contributed by atoms with Crippen molar-refractivity contribution >= 4 is 32.4 Å². The van der Waals surface area contributed by atoms with Gasteiger partial charge in [0, 0.05) is 19.1 Å². The number of halogens is 1. The molecule has 0 aliphatic carbocycles. The number of nitrogens with zero attached hydrogens (tertiary/aromatic N) is 3. The minimum absolute atomic E-state index is 0.697. The zero-order valence-electron chi connectivity index (χ0n) is 7.70. The quantitative estimate of drug-likeness (QED) is 0.808. The maximum atomic E-state index is 4.31. The Hall–Kier alpha value is -0.130. The molecule has 0 amide bonds. The SMILES string of the molecule is CN(C)C1CN(c2ncc(Br)s2)C1. The van der Waals surface area contributed by atoms with Gasteiger partial charge in [-0.15, -0.1) is 0 Å². The third-order valence-corrected chi connectivity index (χ3v) is 3.87. The summed E-state index contributed by atoms with van der Waals surface area (Å²) in [6.07, 6.45) is 1.86. The fourth-order valence-corrected chi connectivity index (χ4v) is 2.53. The highest BCUT2D eigenvalue weighted by molar-refractivity contribution is 9.11. The molecule has 5 heteroatoms. The fraction of sp³-hybridized carbons (Fsp3) is 0.625. The average Bonchev–Trinajstić information content (AvgIpc) is 2.31. The van der Waals surface area contributed by atoms with E-state index in [0.29, 0.717) is 6.04 Å². The number of hydrogen-bond donors (Lipinski definition) is 0. The third kappa shape index (κ3) is 1.87. The van der Waals surface area contributed by atoms with E-state index >= 15 is 0 Å². The van der Waals surface area contributed by atoms with Gasteiger partial charge in [-0.05, 0) is 30.0 Å². The van der Waals surface area contributed by atoms with Crippen LogP contribution < -0.4 is 4.90 Å². The van der Waals surface area contributed by atoms with Gasteiger partial charge in [0.15, 0.2) is 5.13 Å². The number of hydrogen-bond acceptors (Lipinski definition) is 4. The van der Waals surface area contributed by atoms with E-state index in [4.69, 9.17) is 0 Å². The molecule has 0 aromatic carbocycles. The second-order valence-corrected chi connectivity index (χ2v) is 5.86. The molecule has 0 radical (unpaired) electrons. The molecule has 1 aromatic heterocycles. The Kier molecular flexibility index (Phi) is 2.58. The molecule has 0 unspecified atom stereocenters. The van der Waals surface area contributed by atoms with E-state index in [2.05, 4.69) is 44.8 Å². The van der Waals surface area contributed by atoms with Crippen molar-refractivity contribution in [2.24, 2.45) is 0 Å². The van der Waals surface area contributed by atoms with Crippen molar-refractivity contribution in [2.45, 2.75) is 6.04 Å². The summed E-state index contributed by atoms with van der Waals surface area (Å²) < 4.78 is 1.11. The summed E-state index contributed by atoms with van der Waals surface area (Å²) in [5, 5.41) is 1.13. The standard InChI is InChI=1S/C8H12BrN3S/c1-11(2)6-4-12(5-6)8-10-3-7(9)13-8/h3,6H,4-5H2,1-2H3. The highest BCUT2D eigenvalue weighted by Crippen LogP contribution is 2.30. The van der Waals surface area contributed by atoms with Crippen molar-refractivity contribution < 1.29 is 0 Å². The van der Waals surface area contributed by atoms with Gasteiger partial charge in [0.25, 0.3) is 0 Å². The van der Waals surface area contributed by atoms with E-state index < -0.39 is 0 Å². The Morgan fingerprint density at radius 1 is 1.62 bits per heavy atom. The molecular formula is C8H12BrN3S. The third-order valence-electron chi connectivity index (χ3n) is 2.33. The van der Waals surface area contributed by atoms with Gasteiger partial charge in [-0.1, -0.05) is 11.3 Å². The topological polar surface area (TPSA) is 19.4 Å². The van der Waals surface area contributed by atoms with Crippen LogP contribution in [0, 0.1) is 0 Å². The smallest absolute Gasteiger partial charge is 0.186 e. The lowest BCUT2D eigenvalue weighted by Gasteiger charge is -2.42. The number of rotatable bonds is 2. The molecule has 3 nitrogen and oxygen atoms in total. The highest BCUT2D eigenvalue weighted by Gasteiger charge is 2.29. The Bertz CT molecular complexity index is 293. The lowest BCUT2D eigenvalue weighted by molar-refractivity contribution is 0.247. The number of likely N-dealkylation sites (N-methyl/N-ethyl adjacent to an activating group) is 1. The molecule has 1 aliphatic heterocycles. The second-order valence-electron chi connectivity index (χ2n) is 3.47. The first kappa shape index (κ1) is 9.43. The van der Waals surface area contributed by atoms with E-state index in [1.54, 1.807) is 11.3 Å². The highest BCUT2D eigenvalue weighted by atomic mass is 79.9. The summed E-state index contributed by atoms with van der Waals surface area (Å²) in [4.78, 5) is 8.88. The van der Waals surface area contributed by atoms with Gasteiger partial charge in [-0.25, -0.2) is 4.98 Å². The van der Waals surface area contributed by atoms with Crippen molar-refractivity contribution in [1.29, 1.82) is 0 Å². The van der Waals surface area contributed by atoms with Crippen LogP contribution in [0.1, 0.15) is 0 Å². The van der Waals surface area contributed by atoms with Crippen LogP contribution in [-0.2, 0) is 0 Å². The Morgan fingerprint density at radius 3 is 2.77 bits per heavy atom. The van der Waals surface area contributed by atoms with Gasteiger partial charge in [0.05, 0.1) is 9.98 Å². The molecule has 1 aromatic rings. The molecular weight excluding hydrogens is 250 g/mol. The van der Waals surface area contributed by atoms with Crippen LogP contribution in [0.2, 0.25) is 0 Å². The molecule has 0 N–H and O–H groups in total. The van der Waals surface area contributed by atoms with Crippen LogP contribution in [0.4, 0.5) is 5.13 Å². The van der Waals surface area contributed by atoms with Crippen LogP contribution in [0.3, 0.4) is 0 Å². The first-order valence-electron chi connectivity index (χ1n) is 4.19. The van der Waals surface area contributed by atoms with Gasteiger partial charge >= 0.3 is 0 Å². The molecule has 1 aliphatic rings. The van der Waals surface area contributed by atoms with Crippen molar-refractivity contribution in [2.75, 3.05) is 32.1 Å². The van der Waals surface area contributed by atoms with E-state index in [-0.39, 0.29) is 0 Å². The Labute approximate surface area is 90.5 Å². The maximum Gasteiger partial charge on any atom is 0.186 e. The lowest BCUT2D eigenvalue weighted by atomic mass is 10.1. The van der Waals surface area contributed by atoms with Gasteiger partial charge in [0.1, 0.15) is 0 Å². The number of anilines is 1. The molecule has 0 spiro atoms. The van der Waals surface area contributed by atoms with Crippen LogP contribution in [-0.4, -0.2) is 43.1 Å². The summed E-state index contributed by atoms with van der Waals surface area (Å²) in [6.45, 7) is 2.21. The van der Waals surface area contributed by atoms with Crippen molar-refractivity contribution in [3.63, 3.8) is 0 Å². The number of aromatic nitrogens is 1. The normalized spacial score (nSPS) is 18.0. The van der Waals surface area contributed by atoms with Gasteiger partial charge in [0.2, 0.25) is 0 Å². The maximum absolute atomic E-state index is 4.31. The minimum atomic E-state index is 0.697. The van der Waals surface area contributed by atoms with E-state index in [1.807, 2.05) is 6.20 Å². The first-order valence-corrected chi connectivity index (χ1v) is 5.80. The fourth-order valence-electron chi connectivity index (χ4n) is 1.33. The second kappa shape index (κ2) is 3.55. The van der Waals surface area contributed by atoms with E-state index in [0.717, 1.165) is 22.0 Å². The van der Waals surface area contributed by atoms with Crippen LogP contribution in [0.25, 0.3) is 0 Å². The Morgan fingerprint density at radius 2 is 2.31 bits per heavy atom. The molecule has 0 atom stereocenters. The predicted octanol–water partition coefficient (Wildman–Crippen LogP) is 1.66. The molecule has 1 saturated heterocycles. The monoisotopic (exact) mass is 261 g/mol. The van der Waals surface area contributed by atoms with Crippen molar-refractivity contribution in [3.8, 4) is 0 Å². The summed E-state index contributed by atoms with van der Waals surface area (Å²) in [7, 11) is 4.25. The van der Waals surface area contributed by atoms with Gasteiger partial charge in [-0.3, -0.25) is 0 Å². The largest absolute Gasteiger partial charge is 0.345 e. The summed E-state index contributed by atoms with van der Waals surface area (Å²) >= 11 is 5.12. The first-order chi connectivity index (χ1) is 6.16. The zero-order valence-corrected chi connectivity index (χ0v) is 10.1. The Balaban J connectivity index is 1.93. The van der Waals surface area contributed by atoms with Crippen LogP contribution in [0.15, 0.2) is 9.98 Å². The van der Waals surface area contributed by atoms with Crippen LogP contribution >= 0.6 is 27.3 Å². The molecule has 2 heterocycles. The van der Waals surface area contributed by atoms with Crippen LogP contribution in [0.5, 0.6) is 0 Å². The van der Waals surface area contributed by atoms with Crippen molar-refractivity contribution in [1.82, 2.24) is 9.88 Å². The molecule has 0 saturated carbocycles.